The number of piperidine rings is 1. The van der Waals surface area contributed by atoms with Gasteiger partial charge in [0.2, 0.25) is 0 Å². The zero-order valence-corrected chi connectivity index (χ0v) is 14.9. The van der Waals surface area contributed by atoms with Crippen LogP contribution < -0.4 is 0 Å². The van der Waals surface area contributed by atoms with Crippen molar-refractivity contribution in [1.82, 2.24) is 4.90 Å². The van der Waals surface area contributed by atoms with Crippen molar-refractivity contribution >= 4 is 11.7 Å². The van der Waals surface area contributed by atoms with Crippen molar-refractivity contribution in [2.75, 3.05) is 13.1 Å². The summed E-state index contributed by atoms with van der Waals surface area (Å²) in [5.74, 6) is -5.74. The first-order valence-electron chi connectivity index (χ1n) is 8.73. The Morgan fingerprint density at radius 2 is 1.41 bits per heavy atom. The molecular formula is C20H15F6NO2. The first kappa shape index (κ1) is 20.9. The molecule has 1 aliphatic rings. The molecule has 0 bridgehead atoms. The van der Waals surface area contributed by atoms with Gasteiger partial charge in [0.25, 0.3) is 5.91 Å². The number of carbonyl (C=O) groups excluding carboxylic acids is 2. The fourth-order valence-electron chi connectivity index (χ4n) is 3.31. The minimum Gasteiger partial charge on any atom is -0.339 e. The maximum absolute atomic E-state index is 13.8. The predicted molar refractivity (Wildman–Crippen MR) is 90.7 cm³/mol. The van der Waals surface area contributed by atoms with E-state index in [9.17, 15) is 35.9 Å². The summed E-state index contributed by atoms with van der Waals surface area (Å²) in [4.78, 5) is 26.2. The van der Waals surface area contributed by atoms with E-state index in [4.69, 9.17) is 0 Å². The van der Waals surface area contributed by atoms with E-state index in [-0.39, 0.29) is 31.5 Å². The van der Waals surface area contributed by atoms with E-state index in [0.29, 0.717) is 12.1 Å². The molecule has 1 aliphatic heterocycles. The first-order valence-corrected chi connectivity index (χ1v) is 8.73. The highest BCUT2D eigenvalue weighted by Crippen LogP contribution is 2.30. The molecule has 0 atom stereocenters. The fraction of sp³-hybridized carbons (Fsp3) is 0.300. The monoisotopic (exact) mass is 415 g/mol. The molecule has 9 heteroatoms. The predicted octanol–water partition coefficient (Wildman–Crippen LogP) is 4.86. The van der Waals surface area contributed by atoms with E-state index in [1.165, 1.54) is 4.90 Å². The molecule has 0 unspecified atom stereocenters. The summed E-state index contributed by atoms with van der Waals surface area (Å²) < 4.78 is 78.5. The number of halogens is 6. The number of hydrogen-bond acceptors (Lipinski definition) is 2. The molecule has 0 aliphatic carbocycles. The lowest BCUT2D eigenvalue weighted by molar-refractivity contribution is -0.137. The van der Waals surface area contributed by atoms with Crippen LogP contribution in [0.15, 0.2) is 36.4 Å². The summed E-state index contributed by atoms with van der Waals surface area (Å²) in [7, 11) is 0. The Kier molecular flexibility index (Phi) is 5.68. The Hall–Kier alpha value is -2.84. The third-order valence-corrected chi connectivity index (χ3v) is 4.87. The minimum absolute atomic E-state index is 0.0680. The van der Waals surface area contributed by atoms with Crippen molar-refractivity contribution in [3.63, 3.8) is 0 Å². The highest BCUT2D eigenvalue weighted by atomic mass is 19.4. The van der Waals surface area contributed by atoms with Crippen LogP contribution in [0.25, 0.3) is 0 Å². The van der Waals surface area contributed by atoms with Crippen LogP contribution in [0.5, 0.6) is 0 Å². The summed E-state index contributed by atoms with van der Waals surface area (Å²) in [5.41, 5.74) is -1.61. The van der Waals surface area contributed by atoms with Crippen LogP contribution in [0.4, 0.5) is 26.3 Å². The lowest BCUT2D eigenvalue weighted by Gasteiger charge is -2.31. The van der Waals surface area contributed by atoms with E-state index < -0.39 is 52.4 Å². The summed E-state index contributed by atoms with van der Waals surface area (Å²) in [5, 5.41) is 0. The lowest BCUT2D eigenvalue weighted by atomic mass is 9.88. The van der Waals surface area contributed by atoms with Gasteiger partial charge in [-0.1, -0.05) is 0 Å². The highest BCUT2D eigenvalue weighted by Gasteiger charge is 2.33. The van der Waals surface area contributed by atoms with Gasteiger partial charge in [0.1, 0.15) is 17.5 Å². The average Bonchev–Trinajstić information content (AvgIpc) is 2.66. The molecule has 0 radical (unpaired) electrons. The molecule has 29 heavy (non-hydrogen) atoms. The van der Waals surface area contributed by atoms with Gasteiger partial charge in [-0.05, 0) is 37.1 Å². The first-order chi connectivity index (χ1) is 13.6. The second-order valence-corrected chi connectivity index (χ2v) is 6.75. The zero-order valence-electron chi connectivity index (χ0n) is 14.9. The standard InChI is InChI=1S/C20H15F6NO2/c21-14-9-15(22)17(16(23)10-14)18(28)11-5-7-27(8-6-11)19(29)12-1-3-13(4-2-12)20(24,25)26/h1-4,9-11H,5-8H2. The molecule has 154 valence electrons. The summed E-state index contributed by atoms with van der Waals surface area (Å²) in [6, 6.07) is 4.63. The van der Waals surface area contributed by atoms with Crippen molar-refractivity contribution in [3.05, 3.63) is 70.5 Å². The number of amides is 1. The second kappa shape index (κ2) is 7.88. The Morgan fingerprint density at radius 1 is 0.897 bits per heavy atom. The lowest BCUT2D eigenvalue weighted by Crippen LogP contribution is -2.40. The van der Waals surface area contributed by atoms with E-state index in [1.807, 2.05) is 0 Å². The van der Waals surface area contributed by atoms with Gasteiger partial charge in [-0.3, -0.25) is 9.59 Å². The van der Waals surface area contributed by atoms with Gasteiger partial charge in [0.05, 0.1) is 11.1 Å². The molecule has 2 aromatic rings. The van der Waals surface area contributed by atoms with E-state index in [0.717, 1.165) is 24.3 Å². The van der Waals surface area contributed by atoms with Crippen molar-refractivity contribution in [2.24, 2.45) is 5.92 Å². The van der Waals surface area contributed by atoms with Crippen molar-refractivity contribution in [2.45, 2.75) is 19.0 Å². The fourth-order valence-corrected chi connectivity index (χ4v) is 3.31. The number of hydrogen-bond donors (Lipinski definition) is 0. The SMILES string of the molecule is O=C(c1c(F)cc(F)cc1F)C1CCN(C(=O)c2ccc(C(F)(F)F)cc2)CC1. The maximum atomic E-state index is 13.8. The molecule has 0 spiro atoms. The third kappa shape index (κ3) is 4.44. The Balaban J connectivity index is 1.66. The van der Waals surface area contributed by atoms with Crippen molar-refractivity contribution in [1.29, 1.82) is 0 Å². The van der Waals surface area contributed by atoms with Crippen LogP contribution in [0.3, 0.4) is 0 Å². The van der Waals surface area contributed by atoms with Crippen LogP contribution in [0.1, 0.15) is 39.1 Å². The number of likely N-dealkylation sites (tertiary alicyclic amines) is 1. The van der Waals surface area contributed by atoms with E-state index >= 15 is 0 Å². The van der Waals surface area contributed by atoms with Crippen LogP contribution in [0, 0.1) is 23.4 Å². The zero-order chi connectivity index (χ0) is 21.3. The van der Waals surface area contributed by atoms with Crippen molar-refractivity contribution < 1.29 is 35.9 Å². The molecule has 0 aromatic heterocycles. The number of nitrogens with zero attached hydrogens (tertiary/aromatic N) is 1. The van der Waals surface area contributed by atoms with Gasteiger partial charge in [-0.25, -0.2) is 13.2 Å². The number of ketones is 1. The molecule has 1 saturated heterocycles. The van der Waals surface area contributed by atoms with E-state index in [1.54, 1.807) is 0 Å². The molecule has 1 fully saturated rings. The van der Waals surface area contributed by atoms with Gasteiger partial charge in [0.15, 0.2) is 5.78 Å². The summed E-state index contributed by atoms with van der Waals surface area (Å²) in [6.07, 6.45) is -4.26. The second-order valence-electron chi connectivity index (χ2n) is 6.75. The van der Waals surface area contributed by atoms with Crippen LogP contribution in [-0.4, -0.2) is 29.7 Å². The molecule has 0 N–H and O–H groups in total. The van der Waals surface area contributed by atoms with Crippen LogP contribution >= 0.6 is 0 Å². The molecule has 0 saturated carbocycles. The molecule has 3 nitrogen and oxygen atoms in total. The Labute approximate surface area is 161 Å². The number of Topliss-reactive ketones (excluding diaryl/α,β-unsaturated/α-hetero) is 1. The molecule has 2 aromatic carbocycles. The number of alkyl halides is 3. The number of benzene rings is 2. The van der Waals surface area contributed by atoms with E-state index in [2.05, 4.69) is 0 Å². The average molecular weight is 415 g/mol. The van der Waals surface area contributed by atoms with Crippen molar-refractivity contribution in [3.8, 4) is 0 Å². The van der Waals surface area contributed by atoms with Gasteiger partial charge >= 0.3 is 6.18 Å². The van der Waals surface area contributed by atoms with Crippen LogP contribution in [0.2, 0.25) is 0 Å². The van der Waals surface area contributed by atoms with Crippen LogP contribution in [-0.2, 0) is 6.18 Å². The van der Waals surface area contributed by atoms with Gasteiger partial charge < -0.3 is 4.90 Å². The normalized spacial score (nSPS) is 15.4. The summed E-state index contributed by atoms with van der Waals surface area (Å²) >= 11 is 0. The number of rotatable bonds is 3. The molecule has 3 rings (SSSR count). The number of carbonyl (C=O) groups is 2. The molecule has 1 amide bonds. The summed E-state index contributed by atoms with van der Waals surface area (Å²) in [6.45, 7) is 0.196. The van der Waals surface area contributed by atoms with Gasteiger partial charge in [-0.2, -0.15) is 13.2 Å². The third-order valence-electron chi connectivity index (χ3n) is 4.87. The smallest absolute Gasteiger partial charge is 0.339 e. The molecule has 1 heterocycles. The quantitative estimate of drug-likeness (QED) is 0.531. The molecular weight excluding hydrogens is 400 g/mol. The van der Waals surface area contributed by atoms with Gasteiger partial charge in [-0.15, -0.1) is 0 Å². The Morgan fingerprint density at radius 3 is 1.90 bits per heavy atom. The Bertz CT molecular complexity index is 908. The van der Waals surface area contributed by atoms with Gasteiger partial charge in [0, 0.05) is 36.7 Å². The largest absolute Gasteiger partial charge is 0.416 e. The highest BCUT2D eigenvalue weighted by molar-refractivity contribution is 5.99. The topological polar surface area (TPSA) is 37.4 Å². The minimum atomic E-state index is -4.51. The maximum Gasteiger partial charge on any atom is 0.416 e.